The van der Waals surface area contributed by atoms with Gasteiger partial charge in [-0.2, -0.15) is 0 Å². The molecule has 0 bridgehead atoms. The van der Waals surface area contributed by atoms with Gasteiger partial charge in [0.2, 0.25) is 0 Å². The van der Waals surface area contributed by atoms with Crippen molar-refractivity contribution in [3.05, 3.63) is 32.8 Å². The van der Waals surface area contributed by atoms with Gasteiger partial charge in [0.05, 0.1) is 10.6 Å². The van der Waals surface area contributed by atoms with Gasteiger partial charge in [-0.3, -0.25) is 10.1 Å². The van der Waals surface area contributed by atoms with Crippen molar-refractivity contribution in [3.63, 3.8) is 0 Å². The molecule has 1 N–H and O–H groups in total. The maximum Gasteiger partial charge on any atom is 0.271 e. The molecular formula is C13H18BrN3O2. The van der Waals surface area contributed by atoms with Crippen LogP contribution in [0.2, 0.25) is 0 Å². The van der Waals surface area contributed by atoms with Gasteiger partial charge in [0.1, 0.15) is 0 Å². The van der Waals surface area contributed by atoms with Crippen LogP contribution in [0.15, 0.2) is 22.7 Å². The van der Waals surface area contributed by atoms with E-state index in [4.69, 9.17) is 0 Å². The van der Waals surface area contributed by atoms with Crippen LogP contribution in [0.3, 0.4) is 0 Å². The van der Waals surface area contributed by atoms with Crippen molar-refractivity contribution in [2.45, 2.75) is 25.3 Å². The van der Waals surface area contributed by atoms with Crippen LogP contribution in [0.4, 0.5) is 11.4 Å². The average Bonchev–Trinajstić information content (AvgIpc) is 2.39. The number of rotatable bonds is 4. The molecule has 1 aliphatic heterocycles. The molecule has 0 radical (unpaired) electrons. The zero-order valence-electron chi connectivity index (χ0n) is 10.9. The van der Waals surface area contributed by atoms with Crippen molar-refractivity contribution in [1.29, 1.82) is 0 Å². The van der Waals surface area contributed by atoms with Crippen molar-refractivity contribution in [1.82, 2.24) is 4.90 Å². The Hall–Kier alpha value is -1.14. The summed E-state index contributed by atoms with van der Waals surface area (Å²) in [4.78, 5) is 12.8. The molecule has 1 aliphatic rings. The van der Waals surface area contributed by atoms with E-state index in [2.05, 4.69) is 33.2 Å². The van der Waals surface area contributed by atoms with Crippen molar-refractivity contribution in [3.8, 4) is 0 Å². The van der Waals surface area contributed by atoms with Crippen LogP contribution in [0.25, 0.3) is 0 Å². The SMILES string of the molecule is CN1CCCCC1CNc1cc([N+](=O)[O-])ccc1Br. The Morgan fingerprint density at radius 3 is 3.00 bits per heavy atom. The Labute approximate surface area is 121 Å². The highest BCUT2D eigenvalue weighted by Crippen LogP contribution is 2.27. The normalized spacial score (nSPS) is 20.2. The molecule has 1 unspecified atom stereocenters. The molecule has 0 spiro atoms. The molecule has 1 aromatic rings. The quantitative estimate of drug-likeness (QED) is 0.681. The maximum absolute atomic E-state index is 10.8. The molecule has 0 saturated carbocycles. The number of likely N-dealkylation sites (tertiary alicyclic amines) is 1. The van der Waals surface area contributed by atoms with Gasteiger partial charge in [-0.1, -0.05) is 6.42 Å². The molecule has 6 heteroatoms. The van der Waals surface area contributed by atoms with Crippen LogP contribution < -0.4 is 5.32 Å². The minimum Gasteiger partial charge on any atom is -0.382 e. The first-order valence-corrected chi connectivity index (χ1v) is 7.25. The number of anilines is 1. The molecule has 1 atom stereocenters. The largest absolute Gasteiger partial charge is 0.382 e. The summed E-state index contributed by atoms with van der Waals surface area (Å²) in [6.07, 6.45) is 3.69. The summed E-state index contributed by atoms with van der Waals surface area (Å²) < 4.78 is 0.858. The predicted molar refractivity (Wildman–Crippen MR) is 79.6 cm³/mol. The van der Waals surface area contributed by atoms with E-state index in [9.17, 15) is 10.1 Å². The van der Waals surface area contributed by atoms with Crippen LogP contribution >= 0.6 is 15.9 Å². The first-order valence-electron chi connectivity index (χ1n) is 6.46. The van der Waals surface area contributed by atoms with E-state index in [-0.39, 0.29) is 10.6 Å². The summed E-state index contributed by atoms with van der Waals surface area (Å²) >= 11 is 3.42. The van der Waals surface area contributed by atoms with Gasteiger partial charge in [-0.15, -0.1) is 0 Å². The molecule has 0 aromatic heterocycles. The number of nitrogens with zero attached hydrogens (tertiary/aromatic N) is 2. The van der Waals surface area contributed by atoms with Gasteiger partial charge in [0.15, 0.2) is 0 Å². The van der Waals surface area contributed by atoms with Crippen molar-refractivity contribution in [2.24, 2.45) is 0 Å². The fourth-order valence-electron chi connectivity index (χ4n) is 2.39. The second-order valence-electron chi connectivity index (χ2n) is 4.93. The number of nitro benzene ring substituents is 1. The second-order valence-corrected chi connectivity index (χ2v) is 5.79. The molecular weight excluding hydrogens is 310 g/mol. The number of nitrogens with one attached hydrogen (secondary N) is 1. The smallest absolute Gasteiger partial charge is 0.271 e. The summed E-state index contributed by atoms with van der Waals surface area (Å²) in [7, 11) is 2.13. The van der Waals surface area contributed by atoms with Gasteiger partial charge < -0.3 is 10.2 Å². The van der Waals surface area contributed by atoms with Crippen LogP contribution in [0.1, 0.15) is 19.3 Å². The van der Waals surface area contributed by atoms with E-state index in [1.54, 1.807) is 12.1 Å². The van der Waals surface area contributed by atoms with Crippen molar-refractivity contribution < 1.29 is 4.92 Å². The monoisotopic (exact) mass is 327 g/mol. The molecule has 1 heterocycles. The molecule has 1 saturated heterocycles. The average molecular weight is 328 g/mol. The van der Waals surface area contributed by atoms with Crippen molar-refractivity contribution in [2.75, 3.05) is 25.5 Å². The lowest BCUT2D eigenvalue weighted by Crippen LogP contribution is -2.40. The van der Waals surface area contributed by atoms with E-state index < -0.39 is 0 Å². The minimum atomic E-state index is -0.371. The van der Waals surface area contributed by atoms with E-state index in [1.165, 1.54) is 25.3 Å². The van der Waals surface area contributed by atoms with E-state index in [1.807, 2.05) is 0 Å². The lowest BCUT2D eigenvalue weighted by Gasteiger charge is -2.32. The summed E-state index contributed by atoms with van der Waals surface area (Å²) in [6, 6.07) is 5.29. The second kappa shape index (κ2) is 6.34. The maximum atomic E-state index is 10.8. The third-order valence-corrected chi connectivity index (χ3v) is 4.30. The number of nitro groups is 1. The highest BCUT2D eigenvalue weighted by molar-refractivity contribution is 9.10. The summed E-state index contributed by atoms with van der Waals surface area (Å²) in [5.41, 5.74) is 0.899. The van der Waals surface area contributed by atoms with Gasteiger partial charge >= 0.3 is 0 Å². The highest BCUT2D eigenvalue weighted by atomic mass is 79.9. The number of benzene rings is 1. The number of likely N-dealkylation sites (N-methyl/N-ethyl adjacent to an activating group) is 1. The molecule has 0 amide bonds. The van der Waals surface area contributed by atoms with E-state index in [0.29, 0.717) is 6.04 Å². The molecule has 2 rings (SSSR count). The standard InChI is InChI=1S/C13H18BrN3O2/c1-16-7-3-2-4-11(16)9-15-13-8-10(17(18)19)5-6-12(13)14/h5-6,8,11,15H,2-4,7,9H2,1H3. The van der Waals surface area contributed by atoms with Crippen molar-refractivity contribution >= 4 is 27.3 Å². The van der Waals surface area contributed by atoms with Gasteiger partial charge in [-0.25, -0.2) is 0 Å². The Kier molecular flexibility index (Phi) is 4.76. The fraction of sp³-hybridized carbons (Fsp3) is 0.538. The van der Waals surface area contributed by atoms with E-state index >= 15 is 0 Å². The number of piperidine rings is 1. The van der Waals surface area contributed by atoms with Crippen LogP contribution in [-0.4, -0.2) is 36.0 Å². The summed E-state index contributed by atoms with van der Waals surface area (Å²) in [5.74, 6) is 0. The Morgan fingerprint density at radius 1 is 1.53 bits per heavy atom. The molecule has 19 heavy (non-hydrogen) atoms. The number of non-ortho nitro benzene ring substituents is 1. The zero-order valence-corrected chi connectivity index (χ0v) is 12.5. The number of hydrogen-bond donors (Lipinski definition) is 1. The third kappa shape index (κ3) is 3.67. The zero-order chi connectivity index (χ0) is 13.8. The fourth-order valence-corrected chi connectivity index (χ4v) is 2.78. The van der Waals surface area contributed by atoms with Crippen LogP contribution in [-0.2, 0) is 0 Å². The number of halogens is 1. The lowest BCUT2D eigenvalue weighted by atomic mass is 10.0. The van der Waals surface area contributed by atoms with Crippen LogP contribution in [0, 0.1) is 10.1 Å². The molecule has 1 aromatic carbocycles. The highest BCUT2D eigenvalue weighted by Gasteiger charge is 2.19. The summed E-state index contributed by atoms with van der Waals surface area (Å²) in [6.45, 7) is 1.94. The minimum absolute atomic E-state index is 0.114. The third-order valence-electron chi connectivity index (χ3n) is 3.61. The first kappa shape index (κ1) is 14.3. The molecule has 104 valence electrons. The molecule has 5 nitrogen and oxygen atoms in total. The van der Waals surface area contributed by atoms with Gasteiger partial charge in [0, 0.05) is 29.2 Å². The lowest BCUT2D eigenvalue weighted by molar-refractivity contribution is -0.384. The topological polar surface area (TPSA) is 58.4 Å². The van der Waals surface area contributed by atoms with Crippen LogP contribution in [0.5, 0.6) is 0 Å². The summed E-state index contributed by atoms with van der Waals surface area (Å²) in [5, 5.41) is 14.1. The predicted octanol–water partition coefficient (Wildman–Crippen LogP) is 3.25. The van der Waals surface area contributed by atoms with E-state index in [0.717, 1.165) is 23.2 Å². The molecule has 0 aliphatic carbocycles. The molecule has 1 fully saturated rings. The van der Waals surface area contributed by atoms with Gasteiger partial charge in [-0.05, 0) is 48.4 Å². The Balaban J connectivity index is 2.02. The van der Waals surface area contributed by atoms with Gasteiger partial charge in [0.25, 0.3) is 5.69 Å². The Bertz CT molecular complexity index is 467. The number of hydrogen-bond acceptors (Lipinski definition) is 4. The first-order chi connectivity index (χ1) is 9.08. The Morgan fingerprint density at radius 2 is 2.32 bits per heavy atom.